The van der Waals surface area contributed by atoms with Crippen molar-refractivity contribution in [3.05, 3.63) is 59.2 Å². The monoisotopic (exact) mass is 410 g/mol. The van der Waals surface area contributed by atoms with Gasteiger partial charge in [0.1, 0.15) is 11.4 Å². The van der Waals surface area contributed by atoms with Crippen LogP contribution in [-0.2, 0) is 7.05 Å². The molecule has 0 N–H and O–H groups in total. The molecule has 3 rings (SSSR count). The van der Waals surface area contributed by atoms with Gasteiger partial charge in [0.25, 0.3) is 0 Å². The molecule has 25 heavy (non-hydrogen) atoms. The standard InChI is InChI=1S/C17H12BrF3N3O/c1-24-10-15(18)16(23-24)11-3-2-4-13(9-11)22-12-5-7-14(8-6-12)25-17(19,20)21/h2-10H,1H3. The van der Waals surface area contributed by atoms with Gasteiger partial charge < -0.3 is 4.74 Å². The Morgan fingerprint density at radius 1 is 1.08 bits per heavy atom. The van der Waals surface area contributed by atoms with Crippen molar-refractivity contribution >= 4 is 27.3 Å². The Kier molecular flexibility index (Phi) is 4.71. The van der Waals surface area contributed by atoms with Gasteiger partial charge in [0.05, 0.1) is 15.8 Å². The number of alkyl halides is 3. The van der Waals surface area contributed by atoms with E-state index in [0.29, 0.717) is 11.4 Å². The van der Waals surface area contributed by atoms with Gasteiger partial charge in [-0.15, -0.1) is 13.2 Å². The number of rotatable bonds is 4. The molecule has 1 aromatic heterocycles. The summed E-state index contributed by atoms with van der Waals surface area (Å²) in [6.45, 7) is 0. The molecule has 0 atom stereocenters. The van der Waals surface area contributed by atoms with Crippen molar-refractivity contribution in [3.63, 3.8) is 0 Å². The Hall–Kier alpha value is -2.48. The molecule has 3 aromatic rings. The van der Waals surface area contributed by atoms with Crippen LogP contribution in [0, 0.1) is 0 Å². The summed E-state index contributed by atoms with van der Waals surface area (Å²) in [4.78, 5) is 0. The average Bonchev–Trinajstić information content (AvgIpc) is 2.87. The van der Waals surface area contributed by atoms with Gasteiger partial charge in [-0.2, -0.15) is 5.10 Å². The Morgan fingerprint density at radius 3 is 2.40 bits per heavy atom. The Labute approximate surface area is 150 Å². The predicted octanol–water partition coefficient (Wildman–Crippen LogP) is 5.32. The van der Waals surface area contributed by atoms with Gasteiger partial charge in [-0.3, -0.25) is 4.68 Å². The highest BCUT2D eigenvalue weighted by Crippen LogP contribution is 2.30. The number of ether oxygens (including phenoxy) is 1. The molecule has 8 heteroatoms. The third kappa shape index (κ3) is 4.54. The van der Waals surface area contributed by atoms with Crippen molar-refractivity contribution in [2.45, 2.75) is 6.36 Å². The number of hydrogen-bond acceptors (Lipinski definition) is 2. The normalized spacial score (nSPS) is 11.4. The summed E-state index contributed by atoms with van der Waals surface area (Å²) in [6, 6.07) is 12.8. The fourth-order valence-electron chi connectivity index (χ4n) is 2.25. The molecule has 4 nitrogen and oxygen atoms in total. The zero-order valence-corrected chi connectivity index (χ0v) is 14.5. The summed E-state index contributed by atoms with van der Waals surface area (Å²) in [7, 11) is 1.83. The van der Waals surface area contributed by atoms with Crippen molar-refractivity contribution in [2.24, 2.45) is 7.05 Å². The zero-order chi connectivity index (χ0) is 18.0. The maximum Gasteiger partial charge on any atom is 0.573 e. The number of benzene rings is 2. The third-order valence-electron chi connectivity index (χ3n) is 3.23. The first-order valence-corrected chi connectivity index (χ1v) is 7.96. The molecule has 0 saturated carbocycles. The van der Waals surface area contributed by atoms with E-state index in [1.807, 2.05) is 31.4 Å². The van der Waals surface area contributed by atoms with Crippen LogP contribution in [0.2, 0.25) is 0 Å². The Bertz CT molecular complexity index is 876. The molecule has 0 unspecified atom stereocenters. The number of hydrogen-bond donors (Lipinski definition) is 0. The lowest BCUT2D eigenvalue weighted by atomic mass is 10.1. The van der Waals surface area contributed by atoms with E-state index in [9.17, 15) is 13.2 Å². The highest BCUT2D eigenvalue weighted by Gasteiger charge is 2.30. The number of aryl methyl sites for hydroxylation is 1. The van der Waals surface area contributed by atoms with E-state index < -0.39 is 6.36 Å². The molecular formula is C17H12BrF3N3O. The van der Waals surface area contributed by atoms with Crippen molar-refractivity contribution in [2.75, 3.05) is 0 Å². The van der Waals surface area contributed by atoms with E-state index in [-0.39, 0.29) is 5.75 Å². The first kappa shape index (κ1) is 17.3. The van der Waals surface area contributed by atoms with Gasteiger partial charge in [-0.25, -0.2) is 5.32 Å². The SMILES string of the molecule is Cn1cc(Br)c(-c2cccc([N]c3ccc(OC(F)(F)F)cc3)c2)n1. The van der Waals surface area contributed by atoms with E-state index in [2.05, 4.69) is 31.1 Å². The molecular weight excluding hydrogens is 399 g/mol. The second kappa shape index (κ2) is 6.79. The first-order chi connectivity index (χ1) is 11.8. The van der Waals surface area contributed by atoms with Crippen LogP contribution < -0.4 is 10.1 Å². The summed E-state index contributed by atoms with van der Waals surface area (Å²) >= 11 is 3.46. The van der Waals surface area contributed by atoms with Crippen molar-refractivity contribution in [1.82, 2.24) is 15.1 Å². The molecule has 1 heterocycles. The second-order valence-corrected chi connectivity index (χ2v) is 6.06. The van der Waals surface area contributed by atoms with Crippen molar-refractivity contribution in [1.29, 1.82) is 0 Å². The van der Waals surface area contributed by atoms with Crippen LogP contribution in [0.25, 0.3) is 11.3 Å². The summed E-state index contributed by atoms with van der Waals surface area (Å²) in [6.07, 6.45) is -2.86. The van der Waals surface area contributed by atoms with Crippen LogP contribution in [0.1, 0.15) is 0 Å². The first-order valence-electron chi connectivity index (χ1n) is 7.17. The minimum Gasteiger partial charge on any atom is -0.406 e. The average molecular weight is 411 g/mol. The smallest absolute Gasteiger partial charge is 0.406 e. The lowest BCUT2D eigenvalue weighted by Gasteiger charge is -2.09. The largest absolute Gasteiger partial charge is 0.573 e. The zero-order valence-electron chi connectivity index (χ0n) is 13.0. The third-order valence-corrected chi connectivity index (χ3v) is 3.81. The molecule has 0 aliphatic rings. The number of nitrogens with zero attached hydrogens (tertiary/aromatic N) is 3. The summed E-state index contributed by atoms with van der Waals surface area (Å²) in [5.74, 6) is -0.280. The predicted molar refractivity (Wildman–Crippen MR) is 90.9 cm³/mol. The number of aromatic nitrogens is 2. The Balaban J connectivity index is 1.77. The molecule has 1 radical (unpaired) electrons. The van der Waals surface area contributed by atoms with Gasteiger partial charge in [0, 0.05) is 18.8 Å². The fraction of sp³-hybridized carbons (Fsp3) is 0.118. The van der Waals surface area contributed by atoms with Crippen LogP contribution in [0.5, 0.6) is 5.75 Å². The van der Waals surface area contributed by atoms with Crippen LogP contribution in [0.4, 0.5) is 24.5 Å². The van der Waals surface area contributed by atoms with Gasteiger partial charge in [-0.1, -0.05) is 12.1 Å². The van der Waals surface area contributed by atoms with E-state index in [1.165, 1.54) is 24.3 Å². The topological polar surface area (TPSA) is 41.2 Å². The van der Waals surface area contributed by atoms with Gasteiger partial charge in [0.15, 0.2) is 0 Å². The van der Waals surface area contributed by atoms with Gasteiger partial charge in [-0.05, 0) is 52.3 Å². The van der Waals surface area contributed by atoms with Crippen LogP contribution in [0.3, 0.4) is 0 Å². The van der Waals surface area contributed by atoms with Crippen molar-refractivity contribution < 1.29 is 17.9 Å². The molecule has 2 aromatic carbocycles. The molecule has 0 amide bonds. The lowest BCUT2D eigenvalue weighted by molar-refractivity contribution is -0.274. The fourth-order valence-corrected chi connectivity index (χ4v) is 2.85. The molecule has 0 spiro atoms. The maximum atomic E-state index is 12.2. The minimum absolute atomic E-state index is 0.280. The van der Waals surface area contributed by atoms with Gasteiger partial charge >= 0.3 is 6.36 Å². The highest BCUT2D eigenvalue weighted by molar-refractivity contribution is 9.10. The maximum absolute atomic E-state index is 12.2. The molecule has 0 saturated heterocycles. The molecule has 0 aliphatic heterocycles. The molecule has 0 bridgehead atoms. The molecule has 129 valence electrons. The van der Waals surface area contributed by atoms with E-state index in [1.54, 1.807) is 10.7 Å². The molecule has 0 fully saturated rings. The number of halogens is 4. The van der Waals surface area contributed by atoms with Crippen LogP contribution in [-0.4, -0.2) is 16.1 Å². The summed E-state index contributed by atoms with van der Waals surface area (Å²) < 4.78 is 42.9. The second-order valence-electron chi connectivity index (χ2n) is 5.20. The van der Waals surface area contributed by atoms with Crippen molar-refractivity contribution in [3.8, 4) is 17.0 Å². The van der Waals surface area contributed by atoms with Crippen LogP contribution in [0.15, 0.2) is 59.2 Å². The lowest BCUT2D eigenvalue weighted by Crippen LogP contribution is -2.16. The van der Waals surface area contributed by atoms with E-state index in [0.717, 1.165) is 15.7 Å². The van der Waals surface area contributed by atoms with Crippen LogP contribution >= 0.6 is 15.9 Å². The van der Waals surface area contributed by atoms with E-state index in [4.69, 9.17) is 0 Å². The summed E-state index contributed by atoms with van der Waals surface area (Å²) in [5, 5.41) is 8.79. The minimum atomic E-state index is -4.71. The Morgan fingerprint density at radius 2 is 1.80 bits per heavy atom. The highest BCUT2D eigenvalue weighted by atomic mass is 79.9. The quantitative estimate of drug-likeness (QED) is 0.584. The van der Waals surface area contributed by atoms with Gasteiger partial charge in [0.2, 0.25) is 0 Å². The molecule has 0 aliphatic carbocycles. The summed E-state index contributed by atoms with van der Waals surface area (Å²) in [5.41, 5.74) is 2.85. The van der Waals surface area contributed by atoms with E-state index >= 15 is 0 Å².